The molecule has 1 saturated carbocycles. The van der Waals surface area contributed by atoms with E-state index < -0.39 is 17.4 Å². The second-order valence-corrected chi connectivity index (χ2v) is 6.08. The minimum Gasteiger partial charge on any atom is -0.305 e. The van der Waals surface area contributed by atoms with Crippen LogP contribution in [0.2, 0.25) is 0 Å². The van der Waals surface area contributed by atoms with E-state index in [0.29, 0.717) is 11.3 Å². The Bertz CT molecular complexity index is 999. The molecule has 1 aromatic carbocycles. The number of rotatable bonds is 3. The summed E-state index contributed by atoms with van der Waals surface area (Å²) in [6.07, 6.45) is 2.82. The maximum atomic E-state index is 13.8. The van der Waals surface area contributed by atoms with Crippen LogP contribution in [0.5, 0.6) is 0 Å². The summed E-state index contributed by atoms with van der Waals surface area (Å²) in [4.78, 5) is 24.6. The van der Waals surface area contributed by atoms with Gasteiger partial charge in [-0.05, 0) is 25.0 Å². The summed E-state index contributed by atoms with van der Waals surface area (Å²) in [5, 5.41) is 0. The standard InChI is InChI=1S/C16H13F3N4O/c1-16(18,19)14-11(7-2-3-7)21-10(6-20-14)8-4-5-9(17)13-12(8)22-15(24)23-13/h4-7H,2-3H2,1H3,(H2,22,23,24). The van der Waals surface area contributed by atoms with E-state index in [9.17, 15) is 18.0 Å². The molecule has 0 spiro atoms. The Morgan fingerprint density at radius 2 is 1.92 bits per heavy atom. The third kappa shape index (κ3) is 2.38. The molecule has 24 heavy (non-hydrogen) atoms. The molecule has 0 aliphatic heterocycles. The van der Waals surface area contributed by atoms with E-state index in [2.05, 4.69) is 19.9 Å². The first-order valence-corrected chi connectivity index (χ1v) is 7.50. The highest BCUT2D eigenvalue weighted by atomic mass is 19.3. The predicted octanol–water partition coefficient (Wildman–Crippen LogP) is 3.44. The summed E-state index contributed by atoms with van der Waals surface area (Å²) >= 11 is 0. The summed E-state index contributed by atoms with van der Waals surface area (Å²) in [5.41, 5.74) is 0.424. The Morgan fingerprint density at radius 3 is 2.58 bits per heavy atom. The summed E-state index contributed by atoms with van der Waals surface area (Å²) in [6, 6.07) is 2.65. The van der Waals surface area contributed by atoms with Crippen LogP contribution >= 0.6 is 0 Å². The third-order valence-corrected chi connectivity index (χ3v) is 4.09. The van der Waals surface area contributed by atoms with E-state index >= 15 is 0 Å². The highest BCUT2D eigenvalue weighted by Crippen LogP contribution is 2.44. The van der Waals surface area contributed by atoms with Crippen molar-refractivity contribution in [1.82, 2.24) is 19.9 Å². The van der Waals surface area contributed by atoms with Crippen molar-refractivity contribution in [2.45, 2.75) is 31.6 Å². The number of halogens is 3. The SMILES string of the molecule is CC(F)(F)c1ncc(-c2ccc(F)c3[nH]c(=O)[nH]c23)nc1C1CC1. The summed E-state index contributed by atoms with van der Waals surface area (Å²) < 4.78 is 41.3. The second-order valence-electron chi connectivity index (χ2n) is 6.08. The highest BCUT2D eigenvalue weighted by molar-refractivity contribution is 5.90. The van der Waals surface area contributed by atoms with Gasteiger partial charge in [0.15, 0.2) is 0 Å². The molecule has 1 aliphatic rings. The average Bonchev–Trinajstić information content (AvgIpc) is 3.28. The van der Waals surface area contributed by atoms with E-state index in [0.717, 1.165) is 19.8 Å². The number of hydrogen-bond donors (Lipinski definition) is 2. The Kier molecular flexibility index (Phi) is 3.06. The van der Waals surface area contributed by atoms with Gasteiger partial charge in [0.25, 0.3) is 5.92 Å². The second kappa shape index (κ2) is 4.93. The molecule has 2 N–H and O–H groups in total. The number of H-pyrrole nitrogens is 2. The first kappa shape index (κ1) is 14.9. The zero-order chi connectivity index (χ0) is 17.1. The van der Waals surface area contributed by atoms with Gasteiger partial charge in [-0.1, -0.05) is 0 Å². The number of aromatic nitrogens is 4. The molecule has 1 aliphatic carbocycles. The lowest BCUT2D eigenvalue weighted by molar-refractivity contribution is 0.0113. The Balaban J connectivity index is 1.93. The van der Waals surface area contributed by atoms with Crippen molar-refractivity contribution in [2.24, 2.45) is 0 Å². The molecule has 0 saturated heterocycles. The fourth-order valence-electron chi connectivity index (χ4n) is 2.81. The number of nitrogens with one attached hydrogen (secondary N) is 2. The lowest BCUT2D eigenvalue weighted by atomic mass is 10.1. The molecular weight excluding hydrogens is 321 g/mol. The maximum Gasteiger partial charge on any atom is 0.323 e. The van der Waals surface area contributed by atoms with E-state index in [1.807, 2.05) is 0 Å². The van der Waals surface area contributed by atoms with Crippen LogP contribution in [0.25, 0.3) is 22.3 Å². The van der Waals surface area contributed by atoms with Crippen LogP contribution in [-0.4, -0.2) is 19.9 Å². The van der Waals surface area contributed by atoms with Crippen molar-refractivity contribution in [2.75, 3.05) is 0 Å². The normalized spacial score (nSPS) is 15.2. The third-order valence-electron chi connectivity index (χ3n) is 4.09. The van der Waals surface area contributed by atoms with Crippen LogP contribution in [0.3, 0.4) is 0 Å². The lowest BCUT2D eigenvalue weighted by Crippen LogP contribution is -2.15. The molecule has 0 amide bonds. The predicted molar refractivity (Wildman–Crippen MR) is 81.4 cm³/mol. The van der Waals surface area contributed by atoms with Gasteiger partial charge in [-0.15, -0.1) is 0 Å². The van der Waals surface area contributed by atoms with Gasteiger partial charge in [-0.3, -0.25) is 4.98 Å². The fourth-order valence-corrected chi connectivity index (χ4v) is 2.81. The molecular formula is C16H13F3N4O. The van der Waals surface area contributed by atoms with Gasteiger partial charge in [0.2, 0.25) is 0 Å². The molecule has 0 unspecified atom stereocenters. The van der Waals surface area contributed by atoms with Crippen LogP contribution in [0.1, 0.15) is 37.1 Å². The first-order valence-electron chi connectivity index (χ1n) is 7.50. The van der Waals surface area contributed by atoms with Gasteiger partial charge < -0.3 is 9.97 Å². The number of imidazole rings is 1. The topological polar surface area (TPSA) is 74.4 Å². The number of aromatic amines is 2. The largest absolute Gasteiger partial charge is 0.323 e. The lowest BCUT2D eigenvalue weighted by Gasteiger charge is -2.15. The molecule has 3 aromatic rings. The van der Waals surface area contributed by atoms with Crippen LogP contribution in [0.15, 0.2) is 23.1 Å². The van der Waals surface area contributed by atoms with Gasteiger partial charge in [0, 0.05) is 18.4 Å². The molecule has 124 valence electrons. The smallest absolute Gasteiger partial charge is 0.305 e. The highest BCUT2D eigenvalue weighted by Gasteiger charge is 2.37. The van der Waals surface area contributed by atoms with Crippen molar-refractivity contribution >= 4 is 11.0 Å². The number of hydrogen-bond acceptors (Lipinski definition) is 3. The molecule has 2 aromatic heterocycles. The van der Waals surface area contributed by atoms with E-state index in [-0.39, 0.29) is 28.3 Å². The summed E-state index contributed by atoms with van der Waals surface area (Å²) in [7, 11) is 0. The van der Waals surface area contributed by atoms with Crippen LogP contribution in [0.4, 0.5) is 13.2 Å². The zero-order valence-electron chi connectivity index (χ0n) is 12.7. The van der Waals surface area contributed by atoms with E-state index in [1.165, 1.54) is 18.3 Å². The Hall–Kier alpha value is -2.64. The van der Waals surface area contributed by atoms with Crippen LogP contribution in [-0.2, 0) is 5.92 Å². The van der Waals surface area contributed by atoms with Gasteiger partial charge in [-0.2, -0.15) is 8.78 Å². The van der Waals surface area contributed by atoms with Gasteiger partial charge in [0.1, 0.15) is 17.0 Å². The molecule has 5 nitrogen and oxygen atoms in total. The molecule has 4 rings (SSSR count). The molecule has 0 atom stereocenters. The number of nitrogens with zero attached hydrogens (tertiary/aromatic N) is 2. The van der Waals surface area contributed by atoms with Crippen LogP contribution < -0.4 is 5.69 Å². The number of fused-ring (bicyclic) bond motifs is 1. The molecule has 8 heteroatoms. The van der Waals surface area contributed by atoms with Gasteiger partial charge in [-0.25, -0.2) is 14.2 Å². The quantitative estimate of drug-likeness (QED) is 0.770. The molecule has 2 heterocycles. The average molecular weight is 334 g/mol. The van der Waals surface area contributed by atoms with Crippen molar-refractivity contribution in [3.05, 3.63) is 46.0 Å². The Labute approximate surface area is 134 Å². The van der Waals surface area contributed by atoms with E-state index in [1.54, 1.807) is 0 Å². The fraction of sp³-hybridized carbons (Fsp3) is 0.312. The van der Waals surface area contributed by atoms with Crippen molar-refractivity contribution < 1.29 is 13.2 Å². The minimum atomic E-state index is -3.08. The number of alkyl halides is 2. The van der Waals surface area contributed by atoms with Gasteiger partial charge >= 0.3 is 5.69 Å². The molecule has 0 bridgehead atoms. The van der Waals surface area contributed by atoms with E-state index in [4.69, 9.17) is 0 Å². The summed E-state index contributed by atoms with van der Waals surface area (Å²) in [6.45, 7) is 0.794. The van der Waals surface area contributed by atoms with Crippen molar-refractivity contribution in [3.63, 3.8) is 0 Å². The monoisotopic (exact) mass is 334 g/mol. The van der Waals surface area contributed by atoms with Crippen molar-refractivity contribution in [3.8, 4) is 11.3 Å². The zero-order valence-corrected chi connectivity index (χ0v) is 12.7. The van der Waals surface area contributed by atoms with Gasteiger partial charge in [0.05, 0.1) is 23.1 Å². The maximum absolute atomic E-state index is 13.8. The minimum absolute atomic E-state index is 0.0252. The first-order chi connectivity index (χ1) is 11.3. The molecule has 0 radical (unpaired) electrons. The summed E-state index contributed by atoms with van der Waals surface area (Å²) in [5.74, 6) is -3.69. The van der Waals surface area contributed by atoms with Crippen LogP contribution in [0, 0.1) is 5.82 Å². The van der Waals surface area contributed by atoms with Crippen molar-refractivity contribution in [1.29, 1.82) is 0 Å². The number of benzene rings is 1. The molecule has 1 fully saturated rings. The Morgan fingerprint density at radius 1 is 1.21 bits per heavy atom.